The molecule has 0 amide bonds. The number of halogens is 1. The van der Waals surface area contributed by atoms with Crippen molar-refractivity contribution in [2.24, 2.45) is 0 Å². The highest BCUT2D eigenvalue weighted by Crippen LogP contribution is 2.51. The summed E-state index contributed by atoms with van der Waals surface area (Å²) >= 11 is 1.40. The van der Waals surface area contributed by atoms with Crippen molar-refractivity contribution < 1.29 is 23.5 Å². The standard InChI is InChI=1S/C20H22N2O4S.C6H5F/c1-12-15(18(23)25-3)16(17-21-10-11-27-17)20(13(2)22-12,19(24)26-4)14-8-6-5-7-9-14;7-6-4-2-1-3-5-6/h5-11,13,16,22H,1-4H3;1-5H. The average Bonchev–Trinajstić information content (AvgIpc) is 3.39. The minimum atomic E-state index is -1.17. The number of esters is 2. The van der Waals surface area contributed by atoms with E-state index in [9.17, 15) is 14.0 Å². The maximum absolute atomic E-state index is 13.3. The fraction of sp³-hybridized carbons (Fsp3) is 0.269. The summed E-state index contributed by atoms with van der Waals surface area (Å²) in [6, 6.07) is 17.0. The van der Waals surface area contributed by atoms with Crippen molar-refractivity contribution in [3.63, 3.8) is 0 Å². The van der Waals surface area contributed by atoms with Gasteiger partial charge in [-0.25, -0.2) is 14.2 Å². The van der Waals surface area contributed by atoms with Crippen LogP contribution in [-0.4, -0.2) is 37.2 Å². The Morgan fingerprint density at radius 1 is 1.03 bits per heavy atom. The number of rotatable bonds is 4. The third-order valence-electron chi connectivity index (χ3n) is 5.88. The van der Waals surface area contributed by atoms with Crippen LogP contribution in [0.3, 0.4) is 0 Å². The fourth-order valence-electron chi connectivity index (χ4n) is 4.41. The van der Waals surface area contributed by atoms with Crippen molar-refractivity contribution >= 4 is 23.3 Å². The summed E-state index contributed by atoms with van der Waals surface area (Å²) in [5, 5.41) is 5.79. The molecule has 34 heavy (non-hydrogen) atoms. The molecule has 3 unspecified atom stereocenters. The maximum atomic E-state index is 13.3. The van der Waals surface area contributed by atoms with Crippen molar-refractivity contribution in [1.82, 2.24) is 10.3 Å². The number of nitrogens with zero attached hydrogens (tertiary/aromatic N) is 1. The molecule has 1 N–H and O–H groups in total. The first kappa shape index (κ1) is 25.1. The molecule has 1 aliphatic heterocycles. The Bertz CT molecular complexity index is 1140. The molecule has 0 fully saturated rings. The van der Waals surface area contributed by atoms with E-state index in [1.807, 2.05) is 49.6 Å². The molecule has 6 nitrogen and oxygen atoms in total. The molecular weight excluding hydrogens is 455 g/mol. The van der Waals surface area contributed by atoms with Crippen LogP contribution in [0.1, 0.15) is 30.3 Å². The van der Waals surface area contributed by atoms with Crippen molar-refractivity contribution in [3.8, 4) is 0 Å². The van der Waals surface area contributed by atoms with Crippen LogP contribution in [-0.2, 0) is 24.5 Å². The van der Waals surface area contributed by atoms with Gasteiger partial charge in [-0.05, 0) is 31.5 Å². The third-order valence-corrected chi connectivity index (χ3v) is 6.72. The molecule has 0 bridgehead atoms. The predicted molar refractivity (Wildman–Crippen MR) is 129 cm³/mol. The molecule has 2 aromatic carbocycles. The summed E-state index contributed by atoms with van der Waals surface area (Å²) in [5.41, 5.74) is 0.646. The van der Waals surface area contributed by atoms with Gasteiger partial charge < -0.3 is 14.8 Å². The molecule has 4 rings (SSSR count). The molecular formula is C26H27FN2O4S. The predicted octanol–water partition coefficient (Wildman–Crippen LogP) is 4.60. The quantitative estimate of drug-likeness (QED) is 0.548. The van der Waals surface area contributed by atoms with Crippen LogP contribution in [0.5, 0.6) is 0 Å². The second-order valence-corrected chi connectivity index (χ2v) is 8.65. The topological polar surface area (TPSA) is 77.5 Å². The van der Waals surface area contributed by atoms with Gasteiger partial charge in [-0.1, -0.05) is 48.5 Å². The lowest BCUT2D eigenvalue weighted by Crippen LogP contribution is -2.60. The number of allylic oxidation sites excluding steroid dienone is 1. The summed E-state index contributed by atoms with van der Waals surface area (Å²) in [7, 11) is 2.70. The van der Waals surface area contributed by atoms with E-state index in [-0.39, 0.29) is 11.9 Å². The van der Waals surface area contributed by atoms with E-state index in [0.29, 0.717) is 16.3 Å². The highest BCUT2D eigenvalue weighted by Gasteiger charge is 2.59. The average molecular weight is 483 g/mol. The molecule has 8 heteroatoms. The summed E-state index contributed by atoms with van der Waals surface area (Å²) in [4.78, 5) is 30.5. The van der Waals surface area contributed by atoms with Crippen LogP contribution in [0.4, 0.5) is 4.39 Å². The van der Waals surface area contributed by atoms with Gasteiger partial charge in [-0.15, -0.1) is 11.3 Å². The smallest absolute Gasteiger partial charge is 0.336 e. The first-order valence-electron chi connectivity index (χ1n) is 10.7. The van der Waals surface area contributed by atoms with Crippen molar-refractivity contribution in [3.05, 3.63) is 99.9 Å². The van der Waals surface area contributed by atoms with Crippen LogP contribution in [0.25, 0.3) is 0 Å². The van der Waals surface area contributed by atoms with Gasteiger partial charge in [-0.3, -0.25) is 4.79 Å². The molecule has 0 saturated heterocycles. The number of methoxy groups -OCH3 is 2. The van der Waals surface area contributed by atoms with Crippen molar-refractivity contribution in [1.29, 1.82) is 0 Å². The summed E-state index contributed by atoms with van der Waals surface area (Å²) in [6.07, 6.45) is 1.67. The highest BCUT2D eigenvalue weighted by molar-refractivity contribution is 7.09. The Labute approximate surface area is 202 Å². The van der Waals surface area contributed by atoms with Crippen molar-refractivity contribution in [2.75, 3.05) is 14.2 Å². The maximum Gasteiger partial charge on any atom is 0.336 e. The molecule has 178 valence electrons. The number of thiazole rings is 1. The number of carbonyl (C=O) groups excluding carboxylic acids is 2. The van der Waals surface area contributed by atoms with Gasteiger partial charge in [0.15, 0.2) is 0 Å². The van der Waals surface area contributed by atoms with Crippen LogP contribution in [0, 0.1) is 5.82 Å². The number of nitrogens with one attached hydrogen (secondary N) is 1. The Morgan fingerprint density at radius 3 is 2.12 bits per heavy atom. The lowest BCUT2D eigenvalue weighted by Gasteiger charge is -2.47. The zero-order valence-corrected chi connectivity index (χ0v) is 20.3. The number of hydrogen-bond acceptors (Lipinski definition) is 7. The molecule has 3 atom stereocenters. The Morgan fingerprint density at radius 2 is 1.65 bits per heavy atom. The zero-order valence-electron chi connectivity index (χ0n) is 19.4. The number of ether oxygens (including phenoxy) is 2. The van der Waals surface area contributed by atoms with E-state index in [2.05, 4.69) is 10.3 Å². The minimum absolute atomic E-state index is 0.178. The number of carbonyl (C=O) groups is 2. The monoisotopic (exact) mass is 482 g/mol. The number of hydrogen-bond donors (Lipinski definition) is 1. The molecule has 0 spiro atoms. The zero-order chi connectivity index (χ0) is 24.7. The molecule has 3 aromatic rings. The van der Waals surface area contributed by atoms with Crippen LogP contribution in [0.15, 0.2) is 83.5 Å². The Balaban J connectivity index is 0.000000396. The van der Waals surface area contributed by atoms with Crippen LogP contribution in [0.2, 0.25) is 0 Å². The summed E-state index contributed by atoms with van der Waals surface area (Å²) in [6.45, 7) is 3.73. The largest absolute Gasteiger partial charge is 0.468 e. The van der Waals surface area contributed by atoms with E-state index >= 15 is 0 Å². The normalized spacial score (nSPS) is 21.6. The lowest BCUT2D eigenvalue weighted by atomic mass is 9.61. The van der Waals surface area contributed by atoms with Gasteiger partial charge >= 0.3 is 11.9 Å². The minimum Gasteiger partial charge on any atom is -0.468 e. The summed E-state index contributed by atoms with van der Waals surface area (Å²) in [5.74, 6) is -1.72. The first-order valence-corrected chi connectivity index (χ1v) is 11.5. The Kier molecular flexibility index (Phi) is 8.17. The van der Waals surface area contributed by atoms with Crippen molar-refractivity contribution in [2.45, 2.75) is 31.2 Å². The van der Waals surface area contributed by atoms with Gasteiger partial charge in [0.05, 0.1) is 25.7 Å². The van der Waals surface area contributed by atoms with E-state index < -0.39 is 23.3 Å². The molecule has 2 heterocycles. The first-order chi connectivity index (χ1) is 16.4. The third kappa shape index (κ3) is 4.72. The van der Waals surface area contributed by atoms with E-state index in [1.165, 1.54) is 37.7 Å². The second kappa shape index (κ2) is 11.1. The van der Waals surface area contributed by atoms with Gasteiger partial charge in [0.25, 0.3) is 0 Å². The highest BCUT2D eigenvalue weighted by atomic mass is 32.1. The SMILES string of the molecule is COC(=O)C1=C(C)NC(C)C(C(=O)OC)(c2ccccc2)C1c1nccs1.Fc1ccccc1. The van der Waals surface area contributed by atoms with Crippen LogP contribution < -0.4 is 5.32 Å². The molecule has 0 saturated carbocycles. The fourth-order valence-corrected chi connectivity index (χ4v) is 5.24. The number of aromatic nitrogens is 1. The van der Waals surface area contributed by atoms with E-state index in [0.717, 1.165) is 5.56 Å². The second-order valence-electron chi connectivity index (χ2n) is 7.72. The van der Waals surface area contributed by atoms with Crippen LogP contribution >= 0.6 is 11.3 Å². The van der Waals surface area contributed by atoms with E-state index in [1.54, 1.807) is 24.4 Å². The Hall–Kier alpha value is -3.52. The molecule has 0 radical (unpaired) electrons. The number of benzene rings is 2. The van der Waals surface area contributed by atoms with E-state index in [4.69, 9.17) is 9.47 Å². The lowest BCUT2D eigenvalue weighted by molar-refractivity contribution is -0.150. The molecule has 1 aromatic heterocycles. The summed E-state index contributed by atoms with van der Waals surface area (Å²) < 4.78 is 22.2. The molecule has 1 aliphatic rings. The molecule has 0 aliphatic carbocycles. The van der Waals surface area contributed by atoms with Gasteiger partial charge in [-0.2, -0.15) is 0 Å². The van der Waals surface area contributed by atoms with Gasteiger partial charge in [0.1, 0.15) is 16.2 Å². The van der Waals surface area contributed by atoms with Gasteiger partial charge in [0.2, 0.25) is 0 Å². The van der Waals surface area contributed by atoms with Gasteiger partial charge in [0, 0.05) is 23.3 Å².